The van der Waals surface area contributed by atoms with Crippen molar-refractivity contribution in [3.8, 4) is 11.5 Å². The van der Waals surface area contributed by atoms with Crippen LogP contribution in [-0.4, -0.2) is 26.7 Å². The summed E-state index contributed by atoms with van der Waals surface area (Å²) in [7, 11) is 3.11. The molecule has 2 N–H and O–H groups in total. The normalized spacial score (nSPS) is 10.1. The highest BCUT2D eigenvalue weighted by molar-refractivity contribution is 6.33. The summed E-state index contributed by atoms with van der Waals surface area (Å²) in [5, 5.41) is 6.38. The molecule has 2 aromatic rings. The number of aryl methyl sites for hydroxylation is 1. The Balaban J connectivity index is 2.02. The van der Waals surface area contributed by atoms with Crippen molar-refractivity contribution in [1.29, 1.82) is 0 Å². The highest BCUT2D eigenvalue weighted by Gasteiger charge is 2.10. The molecule has 2 aromatic carbocycles. The Labute approximate surface area is 140 Å². The van der Waals surface area contributed by atoms with Gasteiger partial charge in [0.25, 0.3) is 0 Å². The number of ether oxygens (including phenoxy) is 2. The molecule has 23 heavy (non-hydrogen) atoms. The van der Waals surface area contributed by atoms with Crippen LogP contribution in [0.2, 0.25) is 5.02 Å². The molecule has 0 aliphatic rings. The first-order valence-corrected chi connectivity index (χ1v) is 7.43. The quantitative estimate of drug-likeness (QED) is 0.845. The number of amides is 1. The number of carbonyl (C=O) groups is 1. The van der Waals surface area contributed by atoms with E-state index in [0.29, 0.717) is 27.9 Å². The molecule has 0 unspecified atom stereocenters. The zero-order valence-electron chi connectivity index (χ0n) is 13.3. The Kier molecular flexibility index (Phi) is 5.71. The first-order valence-electron chi connectivity index (χ1n) is 7.05. The molecule has 0 aromatic heterocycles. The van der Waals surface area contributed by atoms with Crippen LogP contribution >= 0.6 is 11.6 Å². The van der Waals surface area contributed by atoms with E-state index in [1.54, 1.807) is 32.4 Å². The Morgan fingerprint density at radius 1 is 1.09 bits per heavy atom. The van der Waals surface area contributed by atoms with Crippen molar-refractivity contribution in [1.82, 2.24) is 0 Å². The molecule has 0 saturated carbocycles. The van der Waals surface area contributed by atoms with Crippen LogP contribution in [-0.2, 0) is 4.79 Å². The number of benzene rings is 2. The Bertz CT molecular complexity index is 704. The third kappa shape index (κ3) is 4.53. The Morgan fingerprint density at radius 3 is 2.52 bits per heavy atom. The first-order chi connectivity index (χ1) is 11.0. The summed E-state index contributed by atoms with van der Waals surface area (Å²) in [5.41, 5.74) is 2.32. The van der Waals surface area contributed by atoms with Gasteiger partial charge in [-0.1, -0.05) is 17.7 Å². The SMILES string of the molecule is COc1ccc(OC)c(NC(=O)CNc2ccc(C)cc2Cl)c1. The van der Waals surface area contributed by atoms with Crippen LogP contribution in [0.3, 0.4) is 0 Å². The van der Waals surface area contributed by atoms with Gasteiger partial charge in [0.15, 0.2) is 0 Å². The number of nitrogens with one attached hydrogen (secondary N) is 2. The van der Waals surface area contributed by atoms with E-state index >= 15 is 0 Å². The highest BCUT2D eigenvalue weighted by Crippen LogP contribution is 2.29. The largest absolute Gasteiger partial charge is 0.497 e. The number of carbonyl (C=O) groups excluding carboxylic acids is 1. The van der Waals surface area contributed by atoms with Crippen LogP contribution in [0.25, 0.3) is 0 Å². The summed E-state index contributed by atoms with van der Waals surface area (Å²) < 4.78 is 10.4. The molecule has 2 rings (SSSR count). The second-order valence-corrected chi connectivity index (χ2v) is 5.36. The standard InChI is InChI=1S/C17H19ClN2O3/c1-11-4-6-14(13(18)8-11)19-10-17(21)20-15-9-12(22-2)5-7-16(15)23-3/h4-9,19H,10H2,1-3H3,(H,20,21). The number of methoxy groups -OCH3 is 2. The molecule has 5 nitrogen and oxygen atoms in total. The smallest absolute Gasteiger partial charge is 0.243 e. The summed E-state index contributed by atoms with van der Waals surface area (Å²) in [6, 6.07) is 10.8. The topological polar surface area (TPSA) is 59.6 Å². The first kappa shape index (κ1) is 17.0. The fourth-order valence-electron chi connectivity index (χ4n) is 2.05. The molecule has 6 heteroatoms. The molecule has 0 aliphatic heterocycles. The molecule has 0 aliphatic carbocycles. The number of anilines is 2. The molecule has 1 amide bonds. The van der Waals surface area contributed by atoms with Crippen LogP contribution in [0, 0.1) is 6.92 Å². The van der Waals surface area contributed by atoms with Crippen LogP contribution in [0.4, 0.5) is 11.4 Å². The van der Waals surface area contributed by atoms with Crippen molar-refractivity contribution < 1.29 is 14.3 Å². The van der Waals surface area contributed by atoms with E-state index in [0.717, 1.165) is 5.56 Å². The molecule has 0 heterocycles. The van der Waals surface area contributed by atoms with Gasteiger partial charge in [-0.25, -0.2) is 0 Å². The van der Waals surface area contributed by atoms with Crippen molar-refractivity contribution in [2.24, 2.45) is 0 Å². The van der Waals surface area contributed by atoms with Gasteiger partial charge in [0.05, 0.1) is 37.2 Å². The van der Waals surface area contributed by atoms with Crippen LogP contribution < -0.4 is 20.1 Å². The summed E-state index contributed by atoms with van der Waals surface area (Å²) in [6.45, 7) is 2.04. The maximum absolute atomic E-state index is 12.1. The van der Waals surface area contributed by atoms with Crippen LogP contribution in [0.1, 0.15) is 5.56 Å². The van der Waals surface area contributed by atoms with Gasteiger partial charge >= 0.3 is 0 Å². The van der Waals surface area contributed by atoms with E-state index in [1.807, 2.05) is 25.1 Å². The van der Waals surface area contributed by atoms with Gasteiger partial charge in [0.1, 0.15) is 11.5 Å². The number of rotatable bonds is 6. The van der Waals surface area contributed by atoms with E-state index in [9.17, 15) is 4.79 Å². The van der Waals surface area contributed by atoms with Gasteiger partial charge in [0, 0.05) is 6.07 Å². The van der Waals surface area contributed by atoms with Crippen molar-refractivity contribution in [2.45, 2.75) is 6.92 Å². The van der Waals surface area contributed by atoms with Crippen molar-refractivity contribution >= 4 is 28.9 Å². The average molecular weight is 335 g/mol. The number of hydrogen-bond donors (Lipinski definition) is 2. The molecular formula is C17H19ClN2O3. The van der Waals surface area contributed by atoms with Gasteiger partial charge in [-0.15, -0.1) is 0 Å². The molecule has 0 radical (unpaired) electrons. The third-order valence-electron chi connectivity index (χ3n) is 3.24. The minimum absolute atomic E-state index is 0.0865. The Morgan fingerprint density at radius 2 is 1.87 bits per heavy atom. The maximum Gasteiger partial charge on any atom is 0.243 e. The zero-order valence-corrected chi connectivity index (χ0v) is 14.0. The van der Waals surface area contributed by atoms with Gasteiger partial charge in [0.2, 0.25) is 5.91 Å². The maximum atomic E-state index is 12.1. The molecule has 0 bridgehead atoms. The molecule has 0 fully saturated rings. The van der Waals surface area contributed by atoms with Crippen molar-refractivity contribution in [3.63, 3.8) is 0 Å². The molecule has 122 valence electrons. The van der Waals surface area contributed by atoms with Gasteiger partial charge in [-0.2, -0.15) is 0 Å². The third-order valence-corrected chi connectivity index (χ3v) is 3.56. The lowest BCUT2D eigenvalue weighted by Crippen LogP contribution is -2.22. The molecule has 0 spiro atoms. The van der Waals surface area contributed by atoms with E-state index in [1.165, 1.54) is 0 Å². The van der Waals surface area contributed by atoms with E-state index < -0.39 is 0 Å². The van der Waals surface area contributed by atoms with E-state index in [-0.39, 0.29) is 12.5 Å². The molecular weight excluding hydrogens is 316 g/mol. The lowest BCUT2D eigenvalue weighted by molar-refractivity contribution is -0.114. The minimum atomic E-state index is -0.215. The van der Waals surface area contributed by atoms with Crippen LogP contribution in [0.5, 0.6) is 11.5 Å². The van der Waals surface area contributed by atoms with E-state index in [2.05, 4.69) is 10.6 Å². The molecule has 0 atom stereocenters. The second kappa shape index (κ2) is 7.74. The van der Waals surface area contributed by atoms with Gasteiger partial charge in [-0.05, 0) is 36.8 Å². The predicted molar refractivity (Wildman–Crippen MR) is 92.9 cm³/mol. The van der Waals surface area contributed by atoms with Crippen molar-refractivity contribution in [3.05, 3.63) is 47.0 Å². The fraction of sp³-hybridized carbons (Fsp3) is 0.235. The summed E-state index contributed by atoms with van der Waals surface area (Å²) in [4.78, 5) is 12.1. The monoisotopic (exact) mass is 334 g/mol. The van der Waals surface area contributed by atoms with Gasteiger partial charge in [-0.3, -0.25) is 4.79 Å². The Hall–Kier alpha value is -2.40. The number of halogens is 1. The van der Waals surface area contributed by atoms with Crippen molar-refractivity contribution in [2.75, 3.05) is 31.4 Å². The predicted octanol–water partition coefficient (Wildman–Crippen LogP) is 3.72. The lowest BCUT2D eigenvalue weighted by Gasteiger charge is -2.13. The van der Waals surface area contributed by atoms with E-state index in [4.69, 9.17) is 21.1 Å². The fourth-order valence-corrected chi connectivity index (χ4v) is 2.35. The summed E-state index contributed by atoms with van der Waals surface area (Å²) in [6.07, 6.45) is 0. The zero-order chi connectivity index (χ0) is 16.8. The average Bonchev–Trinajstić information content (AvgIpc) is 2.54. The highest BCUT2D eigenvalue weighted by atomic mass is 35.5. The second-order valence-electron chi connectivity index (χ2n) is 4.95. The number of hydrogen-bond acceptors (Lipinski definition) is 4. The summed E-state index contributed by atoms with van der Waals surface area (Å²) in [5.74, 6) is 0.983. The summed E-state index contributed by atoms with van der Waals surface area (Å²) >= 11 is 6.13. The molecule has 0 saturated heterocycles. The van der Waals surface area contributed by atoms with Gasteiger partial charge < -0.3 is 20.1 Å². The van der Waals surface area contributed by atoms with Crippen LogP contribution in [0.15, 0.2) is 36.4 Å². The minimum Gasteiger partial charge on any atom is -0.497 e. The lowest BCUT2D eigenvalue weighted by atomic mass is 10.2.